The molecule has 0 radical (unpaired) electrons. The third kappa shape index (κ3) is 6.85. The fourth-order valence-electron chi connectivity index (χ4n) is 3.02. The summed E-state index contributed by atoms with van der Waals surface area (Å²) >= 11 is 0. The zero-order valence-electron chi connectivity index (χ0n) is 16.0. The Kier molecular flexibility index (Phi) is 7.45. The first-order valence-electron chi connectivity index (χ1n) is 9.08. The van der Waals surface area contributed by atoms with E-state index in [1.807, 2.05) is 0 Å². The second-order valence-corrected chi connectivity index (χ2v) is 8.19. The SMILES string of the molecule is CCCCCC(C)N(CCC(C)(C)C)c1cc(C)cc(C)c1. The van der Waals surface area contributed by atoms with Gasteiger partial charge in [-0.1, -0.05) is 53.0 Å². The highest BCUT2D eigenvalue weighted by molar-refractivity contribution is 5.51. The van der Waals surface area contributed by atoms with Gasteiger partial charge < -0.3 is 4.90 Å². The van der Waals surface area contributed by atoms with Crippen molar-refractivity contribution in [3.05, 3.63) is 29.3 Å². The van der Waals surface area contributed by atoms with Gasteiger partial charge in [-0.05, 0) is 62.3 Å². The molecule has 1 aromatic carbocycles. The van der Waals surface area contributed by atoms with Crippen LogP contribution in [0.1, 0.15) is 77.8 Å². The first-order chi connectivity index (χ1) is 10.2. The molecule has 1 heteroatoms. The standard InChI is InChI=1S/C21H37N/c1-8-9-10-11-19(4)22(13-12-21(5,6)7)20-15-17(2)14-18(3)16-20/h14-16,19H,8-13H2,1-7H3. The Hall–Kier alpha value is -0.980. The number of anilines is 1. The Labute approximate surface area is 139 Å². The maximum absolute atomic E-state index is 2.64. The van der Waals surface area contributed by atoms with E-state index < -0.39 is 0 Å². The monoisotopic (exact) mass is 303 g/mol. The Balaban J connectivity index is 2.89. The van der Waals surface area contributed by atoms with Crippen LogP contribution in [0.2, 0.25) is 0 Å². The van der Waals surface area contributed by atoms with Gasteiger partial charge in [0.1, 0.15) is 0 Å². The minimum atomic E-state index is 0.389. The summed E-state index contributed by atoms with van der Waals surface area (Å²) in [6, 6.07) is 7.60. The van der Waals surface area contributed by atoms with Gasteiger partial charge in [0.05, 0.1) is 0 Å². The second-order valence-electron chi connectivity index (χ2n) is 8.19. The molecule has 1 nitrogen and oxygen atoms in total. The lowest BCUT2D eigenvalue weighted by Gasteiger charge is -2.34. The van der Waals surface area contributed by atoms with E-state index >= 15 is 0 Å². The summed E-state index contributed by atoms with van der Waals surface area (Å²) in [5.41, 5.74) is 4.54. The Morgan fingerprint density at radius 2 is 1.59 bits per heavy atom. The van der Waals surface area contributed by atoms with E-state index in [0.29, 0.717) is 11.5 Å². The fourth-order valence-corrected chi connectivity index (χ4v) is 3.02. The van der Waals surface area contributed by atoms with Gasteiger partial charge in [0.15, 0.2) is 0 Å². The first kappa shape index (κ1) is 19.1. The Morgan fingerprint density at radius 3 is 2.09 bits per heavy atom. The predicted molar refractivity (Wildman–Crippen MR) is 101 cm³/mol. The minimum absolute atomic E-state index is 0.389. The van der Waals surface area contributed by atoms with Gasteiger partial charge in [0.2, 0.25) is 0 Å². The minimum Gasteiger partial charge on any atom is -0.369 e. The van der Waals surface area contributed by atoms with Gasteiger partial charge in [-0.15, -0.1) is 0 Å². The molecule has 0 aliphatic carbocycles. The van der Waals surface area contributed by atoms with Crippen LogP contribution in [0.4, 0.5) is 5.69 Å². The van der Waals surface area contributed by atoms with Crippen LogP contribution >= 0.6 is 0 Å². The predicted octanol–water partition coefficient (Wildman–Crippen LogP) is 6.51. The molecule has 1 atom stereocenters. The topological polar surface area (TPSA) is 3.24 Å². The zero-order chi connectivity index (χ0) is 16.8. The molecular formula is C21H37N. The highest BCUT2D eigenvalue weighted by Crippen LogP contribution is 2.26. The van der Waals surface area contributed by atoms with E-state index in [1.165, 1.54) is 48.9 Å². The molecule has 0 saturated carbocycles. The van der Waals surface area contributed by atoms with Gasteiger partial charge in [-0.2, -0.15) is 0 Å². The van der Waals surface area contributed by atoms with Crippen LogP contribution in [-0.4, -0.2) is 12.6 Å². The molecule has 0 amide bonds. The van der Waals surface area contributed by atoms with Gasteiger partial charge in [0.25, 0.3) is 0 Å². The molecule has 1 unspecified atom stereocenters. The molecule has 0 fully saturated rings. The van der Waals surface area contributed by atoms with Crippen molar-refractivity contribution in [1.29, 1.82) is 0 Å². The highest BCUT2D eigenvalue weighted by atomic mass is 15.2. The van der Waals surface area contributed by atoms with Crippen LogP contribution in [-0.2, 0) is 0 Å². The van der Waals surface area contributed by atoms with Crippen molar-refractivity contribution in [3.63, 3.8) is 0 Å². The number of aryl methyl sites for hydroxylation is 2. The van der Waals surface area contributed by atoms with E-state index in [-0.39, 0.29) is 0 Å². The fraction of sp³-hybridized carbons (Fsp3) is 0.714. The molecule has 0 aliphatic heterocycles. The quantitative estimate of drug-likeness (QED) is 0.494. The molecule has 126 valence electrons. The van der Waals surface area contributed by atoms with E-state index in [2.05, 4.69) is 71.6 Å². The molecule has 0 saturated heterocycles. The summed E-state index contributed by atoms with van der Waals surface area (Å²) in [5.74, 6) is 0. The summed E-state index contributed by atoms with van der Waals surface area (Å²) in [6.45, 7) is 17.3. The maximum atomic E-state index is 2.64. The number of unbranched alkanes of at least 4 members (excludes halogenated alkanes) is 2. The van der Waals surface area contributed by atoms with Crippen LogP contribution in [0.15, 0.2) is 18.2 Å². The smallest absolute Gasteiger partial charge is 0.0373 e. The van der Waals surface area contributed by atoms with E-state index in [9.17, 15) is 0 Å². The number of benzene rings is 1. The normalized spacial score (nSPS) is 13.2. The van der Waals surface area contributed by atoms with E-state index in [0.717, 1.165) is 6.54 Å². The summed E-state index contributed by atoms with van der Waals surface area (Å²) in [7, 11) is 0. The van der Waals surface area contributed by atoms with Crippen LogP contribution in [0.3, 0.4) is 0 Å². The molecule has 22 heavy (non-hydrogen) atoms. The van der Waals surface area contributed by atoms with Gasteiger partial charge in [-0.25, -0.2) is 0 Å². The summed E-state index contributed by atoms with van der Waals surface area (Å²) in [5, 5.41) is 0. The zero-order valence-corrected chi connectivity index (χ0v) is 16.0. The number of nitrogens with zero attached hydrogens (tertiary/aromatic N) is 1. The lowest BCUT2D eigenvalue weighted by Crippen LogP contribution is -2.35. The van der Waals surface area contributed by atoms with E-state index in [4.69, 9.17) is 0 Å². The molecular weight excluding hydrogens is 266 g/mol. The van der Waals surface area contributed by atoms with Crippen molar-refractivity contribution in [3.8, 4) is 0 Å². The molecule has 0 N–H and O–H groups in total. The molecule has 0 aromatic heterocycles. The lowest BCUT2D eigenvalue weighted by atomic mass is 9.91. The van der Waals surface area contributed by atoms with Crippen molar-refractivity contribution in [2.24, 2.45) is 5.41 Å². The number of hydrogen-bond acceptors (Lipinski definition) is 1. The van der Waals surface area contributed by atoms with Crippen molar-refractivity contribution in [1.82, 2.24) is 0 Å². The summed E-state index contributed by atoms with van der Waals surface area (Å²) in [4.78, 5) is 2.64. The molecule has 0 aliphatic rings. The largest absolute Gasteiger partial charge is 0.369 e. The first-order valence-corrected chi connectivity index (χ1v) is 9.08. The van der Waals surface area contributed by atoms with Crippen molar-refractivity contribution >= 4 is 5.69 Å². The molecule has 1 aromatic rings. The highest BCUT2D eigenvalue weighted by Gasteiger charge is 2.18. The number of rotatable bonds is 8. The summed E-state index contributed by atoms with van der Waals surface area (Å²) in [6.07, 6.45) is 6.53. The maximum Gasteiger partial charge on any atom is 0.0373 e. The van der Waals surface area contributed by atoms with Crippen LogP contribution in [0, 0.1) is 19.3 Å². The molecule has 0 bridgehead atoms. The molecule has 0 heterocycles. The van der Waals surface area contributed by atoms with Crippen molar-refractivity contribution in [2.75, 3.05) is 11.4 Å². The molecule has 0 spiro atoms. The third-order valence-corrected chi connectivity index (χ3v) is 4.40. The van der Waals surface area contributed by atoms with E-state index in [1.54, 1.807) is 0 Å². The van der Waals surface area contributed by atoms with Gasteiger partial charge in [0, 0.05) is 18.3 Å². The van der Waals surface area contributed by atoms with Crippen LogP contribution in [0.5, 0.6) is 0 Å². The Bertz CT molecular complexity index is 421. The van der Waals surface area contributed by atoms with Crippen LogP contribution < -0.4 is 4.90 Å². The van der Waals surface area contributed by atoms with Crippen molar-refractivity contribution in [2.45, 2.75) is 86.6 Å². The van der Waals surface area contributed by atoms with Gasteiger partial charge in [-0.3, -0.25) is 0 Å². The lowest BCUT2D eigenvalue weighted by molar-refractivity contribution is 0.370. The third-order valence-electron chi connectivity index (χ3n) is 4.40. The van der Waals surface area contributed by atoms with Gasteiger partial charge >= 0.3 is 0 Å². The number of hydrogen-bond donors (Lipinski definition) is 0. The van der Waals surface area contributed by atoms with Crippen molar-refractivity contribution < 1.29 is 0 Å². The van der Waals surface area contributed by atoms with Crippen LogP contribution in [0.25, 0.3) is 0 Å². The average molecular weight is 304 g/mol. The second kappa shape index (κ2) is 8.60. The molecule has 1 rings (SSSR count). The average Bonchev–Trinajstić information content (AvgIpc) is 2.36. The summed E-state index contributed by atoms with van der Waals surface area (Å²) < 4.78 is 0. The Morgan fingerprint density at radius 1 is 1.00 bits per heavy atom.